The molecule has 0 spiro atoms. The fourth-order valence-corrected chi connectivity index (χ4v) is 2.93. The highest BCUT2D eigenvalue weighted by Crippen LogP contribution is 2.35. The summed E-state index contributed by atoms with van der Waals surface area (Å²) < 4.78 is 44.0. The smallest absolute Gasteiger partial charge is 0.416 e. The van der Waals surface area contributed by atoms with Crippen molar-refractivity contribution in [3.05, 3.63) is 83.7 Å². The highest BCUT2D eigenvalue weighted by molar-refractivity contribution is 6.07. The van der Waals surface area contributed by atoms with Gasteiger partial charge in [-0.2, -0.15) is 13.2 Å². The number of para-hydroxylation sites is 1. The molecule has 35 heavy (non-hydrogen) atoms. The number of amides is 2. The lowest BCUT2D eigenvalue weighted by Crippen LogP contribution is -2.24. The topological polar surface area (TPSA) is 118 Å². The number of rotatable bonds is 8. The molecule has 3 N–H and O–H groups in total. The first-order chi connectivity index (χ1) is 16.6. The number of carbonyl (C=O) groups is 3. The summed E-state index contributed by atoms with van der Waals surface area (Å²) in [6.07, 6.45) is -1.92. The second-order valence-electron chi connectivity index (χ2n) is 7.29. The quantitative estimate of drug-likeness (QED) is 0.251. The van der Waals surface area contributed by atoms with Crippen molar-refractivity contribution in [2.75, 3.05) is 5.32 Å². The Bertz CT molecular complexity index is 1220. The minimum atomic E-state index is -4.68. The summed E-state index contributed by atoms with van der Waals surface area (Å²) in [6, 6.07) is 11.1. The van der Waals surface area contributed by atoms with Gasteiger partial charge in [-0.15, -0.1) is 0 Å². The Labute approximate surface area is 197 Å². The van der Waals surface area contributed by atoms with Crippen molar-refractivity contribution in [1.29, 1.82) is 0 Å². The van der Waals surface area contributed by atoms with Crippen LogP contribution in [0.5, 0.6) is 11.5 Å². The van der Waals surface area contributed by atoms with Crippen LogP contribution in [0, 0.1) is 0 Å². The summed E-state index contributed by atoms with van der Waals surface area (Å²) in [4.78, 5) is 40.8. The molecule has 0 fully saturated rings. The molecule has 3 rings (SSSR count). The second kappa shape index (κ2) is 11.1. The number of nitrogens with one attached hydrogen (secondary N) is 2. The zero-order valence-corrected chi connectivity index (χ0v) is 18.1. The number of esters is 1. The molecule has 0 aliphatic heterocycles. The van der Waals surface area contributed by atoms with Crippen LogP contribution in [0.1, 0.15) is 34.3 Å². The van der Waals surface area contributed by atoms with Crippen LogP contribution in [0.2, 0.25) is 0 Å². The van der Waals surface area contributed by atoms with Gasteiger partial charge in [0.15, 0.2) is 0 Å². The summed E-state index contributed by atoms with van der Waals surface area (Å²) in [5, 5.41) is 14.7. The first-order valence-electron chi connectivity index (χ1n) is 10.3. The third kappa shape index (κ3) is 7.29. The normalized spacial score (nSPS) is 10.9. The first kappa shape index (κ1) is 25.2. The third-order valence-electron chi connectivity index (χ3n) is 4.70. The fourth-order valence-electron chi connectivity index (χ4n) is 2.93. The molecule has 2 aromatic carbocycles. The van der Waals surface area contributed by atoms with Crippen LogP contribution in [0.4, 0.5) is 18.9 Å². The maximum atomic E-state index is 12.9. The number of anilines is 1. The predicted octanol–water partition coefficient (Wildman–Crippen LogP) is 4.06. The number of hydrogen-bond donors (Lipinski definition) is 3. The van der Waals surface area contributed by atoms with E-state index in [1.807, 2.05) is 0 Å². The van der Waals surface area contributed by atoms with Gasteiger partial charge in [0.25, 0.3) is 5.91 Å². The molecular formula is C24H20F3N3O5. The average molecular weight is 487 g/mol. The molecule has 0 saturated heterocycles. The van der Waals surface area contributed by atoms with Crippen molar-refractivity contribution in [3.63, 3.8) is 0 Å². The highest BCUT2D eigenvalue weighted by atomic mass is 19.4. The third-order valence-corrected chi connectivity index (χ3v) is 4.70. The number of alkyl halides is 3. The van der Waals surface area contributed by atoms with Gasteiger partial charge in [-0.25, -0.2) is 0 Å². The molecule has 0 unspecified atom stereocenters. The van der Waals surface area contributed by atoms with E-state index in [1.165, 1.54) is 24.3 Å². The molecule has 0 saturated carbocycles. The van der Waals surface area contributed by atoms with Crippen LogP contribution in [-0.4, -0.2) is 27.9 Å². The first-order valence-corrected chi connectivity index (χ1v) is 10.3. The van der Waals surface area contributed by atoms with Crippen LogP contribution in [-0.2, 0) is 22.3 Å². The summed E-state index contributed by atoms with van der Waals surface area (Å²) in [7, 11) is 0. The molecule has 3 aromatic rings. The van der Waals surface area contributed by atoms with Gasteiger partial charge in [0.05, 0.1) is 23.2 Å². The van der Waals surface area contributed by atoms with E-state index in [0.29, 0.717) is 12.1 Å². The molecule has 2 amide bonds. The molecule has 0 atom stereocenters. The summed E-state index contributed by atoms with van der Waals surface area (Å²) >= 11 is 0. The molecule has 0 bridgehead atoms. The monoisotopic (exact) mass is 487 g/mol. The van der Waals surface area contributed by atoms with Gasteiger partial charge in [-0.3, -0.25) is 19.4 Å². The van der Waals surface area contributed by atoms with E-state index >= 15 is 0 Å². The molecule has 182 valence electrons. The summed E-state index contributed by atoms with van der Waals surface area (Å²) in [6.45, 7) is 0.243. The van der Waals surface area contributed by atoms with Crippen molar-refractivity contribution < 1.29 is 37.4 Å². The van der Waals surface area contributed by atoms with E-state index in [4.69, 9.17) is 4.74 Å². The number of nitrogens with zero attached hydrogens (tertiary/aromatic N) is 1. The Morgan fingerprint density at radius 2 is 1.77 bits per heavy atom. The maximum absolute atomic E-state index is 12.9. The molecule has 11 heteroatoms. The zero-order valence-electron chi connectivity index (χ0n) is 18.1. The minimum Gasteiger partial charge on any atom is -0.506 e. The van der Waals surface area contributed by atoms with Crippen LogP contribution in [0.15, 0.2) is 67.0 Å². The van der Waals surface area contributed by atoms with E-state index in [9.17, 15) is 32.7 Å². The molecule has 1 aromatic heterocycles. The van der Waals surface area contributed by atoms with E-state index in [0.717, 1.165) is 11.6 Å². The Hall–Kier alpha value is -4.41. The van der Waals surface area contributed by atoms with Gasteiger partial charge in [0, 0.05) is 25.4 Å². The van der Waals surface area contributed by atoms with E-state index < -0.39 is 41.0 Å². The number of hydrogen-bond acceptors (Lipinski definition) is 6. The van der Waals surface area contributed by atoms with Gasteiger partial charge in [-0.1, -0.05) is 18.2 Å². The van der Waals surface area contributed by atoms with Gasteiger partial charge >= 0.3 is 12.1 Å². The van der Waals surface area contributed by atoms with Gasteiger partial charge in [0.1, 0.15) is 11.5 Å². The number of phenols is 1. The SMILES string of the molecule is O=C(CCC(=O)Oc1ccccc1C(=O)Nc1cc(C(F)(F)F)ccc1O)NCc1cccnc1. The van der Waals surface area contributed by atoms with Gasteiger partial charge < -0.3 is 20.5 Å². The highest BCUT2D eigenvalue weighted by Gasteiger charge is 2.31. The lowest BCUT2D eigenvalue weighted by atomic mass is 10.1. The number of ether oxygens (including phenoxy) is 1. The largest absolute Gasteiger partial charge is 0.506 e. The fraction of sp³-hybridized carbons (Fsp3) is 0.167. The summed E-state index contributed by atoms with van der Waals surface area (Å²) in [5.74, 6) is -2.81. The number of halogens is 3. The van der Waals surface area contributed by atoms with Crippen LogP contribution >= 0.6 is 0 Å². The van der Waals surface area contributed by atoms with Crippen LogP contribution in [0.25, 0.3) is 0 Å². The Balaban J connectivity index is 1.60. The second-order valence-corrected chi connectivity index (χ2v) is 7.29. The number of phenolic OH excluding ortho intramolecular Hbond substituents is 1. The standard InChI is InChI=1S/C24H20F3N3O5/c25-24(26,27)16-7-8-19(31)18(12-16)30-23(34)17-5-1-2-6-20(17)35-22(33)10-9-21(32)29-14-15-4-3-11-28-13-15/h1-8,11-13,31H,9-10,14H2,(H,29,32)(H,30,34). The van der Waals surface area contributed by atoms with E-state index in [-0.39, 0.29) is 30.7 Å². The van der Waals surface area contributed by atoms with Crippen molar-refractivity contribution in [1.82, 2.24) is 10.3 Å². The molecule has 0 aliphatic carbocycles. The maximum Gasteiger partial charge on any atom is 0.416 e. The number of pyridine rings is 1. The van der Waals surface area contributed by atoms with Gasteiger partial charge in [0.2, 0.25) is 5.91 Å². The average Bonchev–Trinajstić information content (AvgIpc) is 2.83. The minimum absolute atomic E-state index is 0.154. The van der Waals surface area contributed by atoms with Crippen molar-refractivity contribution in [2.45, 2.75) is 25.6 Å². The Kier molecular flexibility index (Phi) is 8.03. The summed E-state index contributed by atoms with van der Waals surface area (Å²) in [5.41, 5.74) is -0.891. The Morgan fingerprint density at radius 1 is 1.00 bits per heavy atom. The lowest BCUT2D eigenvalue weighted by Gasteiger charge is -2.13. The van der Waals surface area contributed by atoms with E-state index in [2.05, 4.69) is 15.6 Å². The molecular weight excluding hydrogens is 467 g/mol. The number of carbonyl (C=O) groups excluding carboxylic acids is 3. The van der Waals surface area contributed by atoms with Crippen molar-refractivity contribution in [3.8, 4) is 11.5 Å². The van der Waals surface area contributed by atoms with Gasteiger partial charge in [-0.05, 0) is 42.0 Å². The number of aromatic nitrogens is 1. The lowest BCUT2D eigenvalue weighted by molar-refractivity contribution is -0.137. The zero-order chi connectivity index (χ0) is 25.4. The van der Waals surface area contributed by atoms with Crippen molar-refractivity contribution >= 4 is 23.5 Å². The number of aromatic hydroxyl groups is 1. The molecule has 8 nitrogen and oxygen atoms in total. The van der Waals surface area contributed by atoms with E-state index in [1.54, 1.807) is 24.5 Å². The Morgan fingerprint density at radius 3 is 2.49 bits per heavy atom. The molecule has 1 heterocycles. The van der Waals surface area contributed by atoms with Crippen LogP contribution < -0.4 is 15.4 Å². The molecule has 0 aliphatic rings. The number of benzene rings is 2. The van der Waals surface area contributed by atoms with Crippen molar-refractivity contribution in [2.24, 2.45) is 0 Å². The predicted molar refractivity (Wildman–Crippen MR) is 118 cm³/mol. The van der Waals surface area contributed by atoms with Crippen LogP contribution in [0.3, 0.4) is 0 Å². The molecule has 0 radical (unpaired) electrons.